The fourth-order valence-corrected chi connectivity index (χ4v) is 1.79. The van der Waals surface area contributed by atoms with E-state index in [0.717, 1.165) is 6.07 Å². The number of benzene rings is 1. The lowest BCUT2D eigenvalue weighted by Gasteiger charge is -2.13. The van der Waals surface area contributed by atoms with Crippen LogP contribution in [-0.2, 0) is 0 Å². The van der Waals surface area contributed by atoms with Gasteiger partial charge in [-0.2, -0.15) is 0 Å². The Balaban J connectivity index is 2.97. The summed E-state index contributed by atoms with van der Waals surface area (Å²) in [7, 11) is 0. The molecule has 0 unspecified atom stereocenters. The van der Waals surface area contributed by atoms with Crippen molar-refractivity contribution >= 4 is 34.2 Å². The van der Waals surface area contributed by atoms with E-state index < -0.39 is 30.1 Å². The van der Waals surface area contributed by atoms with Crippen molar-refractivity contribution in [3.05, 3.63) is 37.4 Å². The molecule has 7 nitrogen and oxygen atoms in total. The number of carbonyl (C=O) groups excluding carboxylic acids is 1. The lowest BCUT2D eigenvalue weighted by atomic mass is 10.2. The highest BCUT2D eigenvalue weighted by Crippen LogP contribution is 2.19. The summed E-state index contributed by atoms with van der Waals surface area (Å²) >= 11 is 1.88. The van der Waals surface area contributed by atoms with Crippen LogP contribution in [0.4, 0.5) is 5.69 Å². The molecule has 1 rings (SSSR count). The molecule has 0 saturated heterocycles. The van der Waals surface area contributed by atoms with Crippen molar-refractivity contribution in [3.8, 4) is 0 Å². The van der Waals surface area contributed by atoms with Gasteiger partial charge in [0.1, 0.15) is 0 Å². The maximum absolute atomic E-state index is 11.8. The van der Waals surface area contributed by atoms with E-state index in [1.165, 1.54) is 12.1 Å². The molecule has 0 spiro atoms. The molecule has 0 bridgehead atoms. The molecule has 0 heterocycles. The minimum atomic E-state index is -0.785. The molecule has 0 atom stereocenters. The summed E-state index contributed by atoms with van der Waals surface area (Å²) in [5, 5.41) is 30.7. The van der Waals surface area contributed by atoms with Crippen LogP contribution in [0, 0.1) is 13.7 Å². The SMILES string of the molecule is O=C(NC(CO)CO)c1cc([N+](=O)[O-])ccc1I. The van der Waals surface area contributed by atoms with E-state index in [4.69, 9.17) is 10.2 Å². The molecule has 98 valence electrons. The third kappa shape index (κ3) is 3.62. The number of halogens is 1. The van der Waals surface area contributed by atoms with E-state index in [0.29, 0.717) is 3.57 Å². The Labute approximate surface area is 116 Å². The quantitative estimate of drug-likeness (QED) is 0.394. The second-order valence-corrected chi connectivity index (χ2v) is 4.62. The van der Waals surface area contributed by atoms with Crippen molar-refractivity contribution in [1.82, 2.24) is 5.32 Å². The smallest absolute Gasteiger partial charge is 0.270 e. The highest BCUT2D eigenvalue weighted by atomic mass is 127. The van der Waals surface area contributed by atoms with E-state index in [2.05, 4.69) is 5.32 Å². The first-order valence-electron chi connectivity index (χ1n) is 4.96. The minimum absolute atomic E-state index is 0.136. The van der Waals surface area contributed by atoms with Gasteiger partial charge >= 0.3 is 0 Å². The van der Waals surface area contributed by atoms with Gasteiger partial charge in [0.25, 0.3) is 11.6 Å². The molecule has 1 amide bonds. The molecule has 0 aromatic heterocycles. The molecule has 1 aromatic carbocycles. The molecule has 0 saturated carbocycles. The van der Waals surface area contributed by atoms with Gasteiger partial charge in [-0.25, -0.2) is 0 Å². The second-order valence-electron chi connectivity index (χ2n) is 3.46. The minimum Gasteiger partial charge on any atom is -0.394 e. The molecule has 0 aliphatic carbocycles. The topological polar surface area (TPSA) is 113 Å². The number of rotatable bonds is 5. The second kappa shape index (κ2) is 6.61. The summed E-state index contributed by atoms with van der Waals surface area (Å²) in [6.07, 6.45) is 0. The van der Waals surface area contributed by atoms with Gasteiger partial charge in [-0.05, 0) is 28.7 Å². The van der Waals surface area contributed by atoms with Gasteiger partial charge in [0.05, 0.1) is 29.7 Å². The molecule has 1 aromatic rings. The molecule has 8 heteroatoms. The standard InChI is InChI=1S/C10H11IN2O5/c11-9-2-1-7(13(17)18)3-8(9)10(16)12-6(4-14)5-15/h1-3,6,14-15H,4-5H2,(H,12,16). The number of aliphatic hydroxyl groups is 2. The van der Waals surface area contributed by atoms with Crippen LogP contribution in [0.2, 0.25) is 0 Å². The van der Waals surface area contributed by atoms with E-state index in [1.54, 1.807) is 0 Å². The van der Waals surface area contributed by atoms with Crippen LogP contribution in [0.25, 0.3) is 0 Å². The summed E-state index contributed by atoms with van der Waals surface area (Å²) in [6.45, 7) is -0.818. The number of nitro benzene ring substituents is 1. The monoisotopic (exact) mass is 366 g/mol. The number of carbonyl (C=O) groups is 1. The number of hydrogen-bond donors (Lipinski definition) is 3. The van der Waals surface area contributed by atoms with Crippen molar-refractivity contribution in [3.63, 3.8) is 0 Å². The third-order valence-corrected chi connectivity index (χ3v) is 3.12. The molecule has 0 fully saturated rings. The van der Waals surface area contributed by atoms with Gasteiger partial charge in [0.2, 0.25) is 0 Å². The lowest BCUT2D eigenvalue weighted by molar-refractivity contribution is -0.384. The van der Waals surface area contributed by atoms with Crippen LogP contribution in [0.3, 0.4) is 0 Å². The van der Waals surface area contributed by atoms with E-state index in [1.807, 2.05) is 22.6 Å². The summed E-state index contributed by atoms with van der Waals surface area (Å²) in [4.78, 5) is 21.8. The fraction of sp³-hybridized carbons (Fsp3) is 0.300. The number of aliphatic hydroxyl groups excluding tert-OH is 2. The van der Waals surface area contributed by atoms with E-state index in [-0.39, 0.29) is 11.3 Å². The first-order valence-corrected chi connectivity index (χ1v) is 6.04. The van der Waals surface area contributed by atoms with E-state index >= 15 is 0 Å². The zero-order valence-corrected chi connectivity index (χ0v) is 11.3. The number of non-ortho nitro benzene ring substituents is 1. The largest absolute Gasteiger partial charge is 0.394 e. The Morgan fingerprint density at radius 1 is 1.44 bits per heavy atom. The van der Waals surface area contributed by atoms with Crippen LogP contribution in [-0.4, -0.2) is 40.3 Å². The zero-order chi connectivity index (χ0) is 13.7. The maximum Gasteiger partial charge on any atom is 0.270 e. The van der Waals surface area contributed by atoms with E-state index in [9.17, 15) is 14.9 Å². The van der Waals surface area contributed by atoms with Gasteiger partial charge in [-0.15, -0.1) is 0 Å². The van der Waals surface area contributed by atoms with Gasteiger partial charge in [-0.3, -0.25) is 14.9 Å². The molecule has 0 aliphatic heterocycles. The van der Waals surface area contributed by atoms with Crippen LogP contribution < -0.4 is 5.32 Å². The maximum atomic E-state index is 11.8. The van der Waals surface area contributed by atoms with Crippen LogP contribution in [0.15, 0.2) is 18.2 Å². The fourth-order valence-electron chi connectivity index (χ4n) is 1.21. The normalized spacial score (nSPS) is 10.4. The van der Waals surface area contributed by atoms with Crippen LogP contribution in [0.5, 0.6) is 0 Å². The predicted octanol–water partition coefficient (Wildman–Crippen LogP) is 0.282. The number of hydrogen-bond acceptors (Lipinski definition) is 5. The van der Waals surface area contributed by atoms with Crippen molar-refractivity contribution in [1.29, 1.82) is 0 Å². The van der Waals surface area contributed by atoms with Crippen molar-refractivity contribution < 1.29 is 19.9 Å². The molecule has 0 radical (unpaired) electrons. The highest BCUT2D eigenvalue weighted by Gasteiger charge is 2.17. The average molecular weight is 366 g/mol. The summed E-state index contributed by atoms with van der Waals surface area (Å²) in [5.74, 6) is -0.573. The number of nitro groups is 1. The Bertz CT molecular complexity index is 462. The van der Waals surface area contributed by atoms with Crippen molar-refractivity contribution in [2.75, 3.05) is 13.2 Å². The summed E-state index contributed by atoms with van der Waals surface area (Å²) < 4.78 is 0.547. The molecule has 18 heavy (non-hydrogen) atoms. The van der Waals surface area contributed by atoms with Crippen molar-refractivity contribution in [2.45, 2.75) is 6.04 Å². The summed E-state index contributed by atoms with van der Waals surface area (Å²) in [5.41, 5.74) is -0.0539. The first-order chi connectivity index (χ1) is 8.49. The van der Waals surface area contributed by atoms with Gasteiger partial charge in [0, 0.05) is 15.7 Å². The van der Waals surface area contributed by atoms with Gasteiger partial charge in [0.15, 0.2) is 0 Å². The number of nitrogens with one attached hydrogen (secondary N) is 1. The van der Waals surface area contributed by atoms with Gasteiger partial charge in [-0.1, -0.05) is 0 Å². The van der Waals surface area contributed by atoms with Gasteiger partial charge < -0.3 is 15.5 Å². The Morgan fingerprint density at radius 2 is 2.06 bits per heavy atom. The average Bonchev–Trinajstić information content (AvgIpc) is 2.35. The number of amides is 1. The lowest BCUT2D eigenvalue weighted by Crippen LogP contribution is -2.40. The molecule has 0 aliphatic rings. The Kier molecular flexibility index (Phi) is 5.44. The first kappa shape index (κ1) is 14.8. The molecule has 3 N–H and O–H groups in total. The van der Waals surface area contributed by atoms with Crippen LogP contribution >= 0.6 is 22.6 Å². The van der Waals surface area contributed by atoms with Crippen molar-refractivity contribution in [2.24, 2.45) is 0 Å². The summed E-state index contributed by atoms with van der Waals surface area (Å²) in [6, 6.07) is 3.13. The van der Waals surface area contributed by atoms with Crippen LogP contribution in [0.1, 0.15) is 10.4 Å². The Morgan fingerprint density at radius 3 is 2.56 bits per heavy atom. The molecular weight excluding hydrogens is 355 g/mol. The Hall–Kier alpha value is -1.26. The molecular formula is C10H11IN2O5. The zero-order valence-electron chi connectivity index (χ0n) is 9.17. The third-order valence-electron chi connectivity index (χ3n) is 2.18. The number of nitrogens with zero attached hydrogens (tertiary/aromatic N) is 1. The predicted molar refractivity (Wildman–Crippen MR) is 71.2 cm³/mol. The highest BCUT2D eigenvalue weighted by molar-refractivity contribution is 14.1.